The highest BCUT2D eigenvalue weighted by Crippen LogP contribution is 2.43. The number of nitrogens with zero attached hydrogens (tertiary/aromatic N) is 1. The van der Waals surface area contributed by atoms with Gasteiger partial charge in [-0.1, -0.05) is 6.07 Å². The van der Waals surface area contributed by atoms with E-state index in [9.17, 15) is 4.79 Å². The molecule has 0 amide bonds. The summed E-state index contributed by atoms with van der Waals surface area (Å²) in [6.45, 7) is 2.16. The van der Waals surface area contributed by atoms with Crippen molar-refractivity contribution in [2.24, 2.45) is 5.92 Å². The van der Waals surface area contributed by atoms with Gasteiger partial charge in [-0.05, 0) is 43.6 Å². The summed E-state index contributed by atoms with van der Waals surface area (Å²) < 4.78 is 11.2. The molecule has 0 radical (unpaired) electrons. The van der Waals surface area contributed by atoms with Gasteiger partial charge in [0.25, 0.3) is 0 Å². The minimum absolute atomic E-state index is 0.0522. The molecule has 5 nitrogen and oxygen atoms in total. The zero-order valence-corrected chi connectivity index (χ0v) is 11.4. The second kappa shape index (κ2) is 5.79. The maximum absolute atomic E-state index is 11.0. The minimum atomic E-state index is -1.01. The van der Waals surface area contributed by atoms with Gasteiger partial charge in [0.1, 0.15) is 0 Å². The van der Waals surface area contributed by atoms with Crippen molar-refractivity contribution >= 4 is 5.97 Å². The molecule has 2 aliphatic rings. The van der Waals surface area contributed by atoms with Crippen molar-refractivity contribution in [1.82, 2.24) is 4.98 Å². The molecule has 1 aliphatic carbocycles. The second-order valence-corrected chi connectivity index (χ2v) is 5.54. The van der Waals surface area contributed by atoms with Gasteiger partial charge in [-0.15, -0.1) is 0 Å². The van der Waals surface area contributed by atoms with Gasteiger partial charge in [-0.3, -0.25) is 0 Å². The average molecular weight is 277 g/mol. The van der Waals surface area contributed by atoms with Gasteiger partial charge in [0, 0.05) is 18.8 Å². The normalized spacial score (nSPS) is 19.8. The van der Waals surface area contributed by atoms with Crippen molar-refractivity contribution in [2.45, 2.75) is 31.6 Å². The van der Waals surface area contributed by atoms with Crippen LogP contribution in [0.15, 0.2) is 12.1 Å². The molecule has 2 heterocycles. The van der Waals surface area contributed by atoms with Gasteiger partial charge < -0.3 is 14.6 Å². The summed E-state index contributed by atoms with van der Waals surface area (Å²) in [5, 5.41) is 9.04. The SMILES string of the molecule is O=C(O)c1ccc(C2CC2)c(OCC2CCOCC2)n1. The van der Waals surface area contributed by atoms with E-state index in [0.717, 1.165) is 44.5 Å². The fourth-order valence-electron chi connectivity index (χ4n) is 2.50. The van der Waals surface area contributed by atoms with E-state index < -0.39 is 5.97 Å². The molecular weight excluding hydrogens is 258 g/mol. The summed E-state index contributed by atoms with van der Waals surface area (Å²) in [4.78, 5) is 15.2. The predicted molar refractivity (Wildman–Crippen MR) is 72.2 cm³/mol. The molecule has 1 aliphatic heterocycles. The number of aromatic carboxylic acids is 1. The first-order valence-electron chi connectivity index (χ1n) is 7.19. The number of hydrogen-bond donors (Lipinski definition) is 1. The molecule has 0 spiro atoms. The van der Waals surface area contributed by atoms with Crippen LogP contribution in [0.2, 0.25) is 0 Å². The third kappa shape index (κ3) is 3.10. The molecule has 1 saturated carbocycles. The van der Waals surface area contributed by atoms with Crippen LogP contribution in [0.3, 0.4) is 0 Å². The number of rotatable bonds is 5. The largest absolute Gasteiger partial charge is 0.477 e. The van der Waals surface area contributed by atoms with Gasteiger partial charge in [0.05, 0.1) is 6.61 Å². The monoisotopic (exact) mass is 277 g/mol. The smallest absolute Gasteiger partial charge is 0.354 e. The Morgan fingerprint density at radius 1 is 1.30 bits per heavy atom. The summed E-state index contributed by atoms with van der Waals surface area (Å²) in [5.74, 6) is 0.475. The van der Waals surface area contributed by atoms with Crippen molar-refractivity contribution in [2.75, 3.05) is 19.8 Å². The Hall–Kier alpha value is -1.62. The van der Waals surface area contributed by atoms with Crippen LogP contribution in [0.1, 0.15) is 47.7 Å². The van der Waals surface area contributed by atoms with Crippen LogP contribution in [0.5, 0.6) is 5.88 Å². The quantitative estimate of drug-likeness (QED) is 0.895. The lowest BCUT2D eigenvalue weighted by molar-refractivity contribution is 0.0487. The molecule has 5 heteroatoms. The van der Waals surface area contributed by atoms with E-state index in [-0.39, 0.29) is 5.69 Å². The van der Waals surface area contributed by atoms with Crippen LogP contribution in [0.4, 0.5) is 0 Å². The molecular formula is C15H19NO4. The summed E-state index contributed by atoms with van der Waals surface area (Å²) in [6, 6.07) is 3.42. The molecule has 1 aromatic heterocycles. The third-order valence-electron chi connectivity index (χ3n) is 3.92. The fourth-order valence-corrected chi connectivity index (χ4v) is 2.50. The van der Waals surface area contributed by atoms with Crippen molar-refractivity contribution in [1.29, 1.82) is 0 Å². The molecule has 1 aromatic rings. The molecule has 0 atom stereocenters. The van der Waals surface area contributed by atoms with E-state index in [1.165, 1.54) is 0 Å². The Labute approximate surface area is 117 Å². The van der Waals surface area contributed by atoms with Crippen LogP contribution < -0.4 is 4.74 Å². The van der Waals surface area contributed by atoms with Crippen molar-refractivity contribution in [3.8, 4) is 5.88 Å². The Kier molecular flexibility index (Phi) is 3.87. The first kappa shape index (κ1) is 13.4. The summed E-state index contributed by atoms with van der Waals surface area (Å²) >= 11 is 0. The molecule has 0 aromatic carbocycles. The van der Waals surface area contributed by atoms with Crippen LogP contribution in [0.25, 0.3) is 0 Å². The number of hydrogen-bond acceptors (Lipinski definition) is 4. The van der Waals surface area contributed by atoms with Gasteiger partial charge in [-0.25, -0.2) is 9.78 Å². The number of carboxylic acid groups (broad SMARTS) is 1. The molecule has 1 saturated heterocycles. The van der Waals surface area contributed by atoms with Gasteiger partial charge in [0.2, 0.25) is 5.88 Å². The third-order valence-corrected chi connectivity index (χ3v) is 3.92. The summed E-state index contributed by atoms with van der Waals surface area (Å²) in [5.41, 5.74) is 1.11. The number of carbonyl (C=O) groups is 1. The molecule has 20 heavy (non-hydrogen) atoms. The number of pyridine rings is 1. The lowest BCUT2D eigenvalue weighted by atomic mass is 10.0. The van der Waals surface area contributed by atoms with E-state index in [4.69, 9.17) is 14.6 Å². The van der Waals surface area contributed by atoms with Gasteiger partial charge in [0.15, 0.2) is 5.69 Å². The maximum atomic E-state index is 11.0. The summed E-state index contributed by atoms with van der Waals surface area (Å²) in [6.07, 6.45) is 4.28. The van der Waals surface area contributed by atoms with Crippen LogP contribution >= 0.6 is 0 Å². The number of ether oxygens (including phenoxy) is 2. The first-order chi connectivity index (χ1) is 9.74. The zero-order valence-electron chi connectivity index (χ0n) is 11.4. The van der Waals surface area contributed by atoms with Crippen LogP contribution in [-0.2, 0) is 4.74 Å². The Bertz CT molecular complexity index is 493. The topological polar surface area (TPSA) is 68.7 Å². The minimum Gasteiger partial charge on any atom is -0.477 e. The highest BCUT2D eigenvalue weighted by molar-refractivity contribution is 5.85. The highest BCUT2D eigenvalue weighted by atomic mass is 16.5. The van der Waals surface area contributed by atoms with Gasteiger partial charge >= 0.3 is 5.97 Å². The molecule has 0 unspecified atom stereocenters. The Balaban J connectivity index is 1.71. The van der Waals surface area contributed by atoms with Crippen LogP contribution in [0, 0.1) is 5.92 Å². The highest BCUT2D eigenvalue weighted by Gasteiger charge is 2.28. The second-order valence-electron chi connectivity index (χ2n) is 5.54. The number of carboxylic acids is 1. The van der Waals surface area contributed by atoms with E-state index in [0.29, 0.717) is 24.3 Å². The van der Waals surface area contributed by atoms with Gasteiger partial charge in [-0.2, -0.15) is 0 Å². The van der Waals surface area contributed by atoms with Crippen molar-refractivity contribution in [3.63, 3.8) is 0 Å². The van der Waals surface area contributed by atoms with E-state index >= 15 is 0 Å². The van der Waals surface area contributed by atoms with E-state index in [1.54, 1.807) is 6.07 Å². The Morgan fingerprint density at radius 2 is 2.05 bits per heavy atom. The number of aromatic nitrogens is 1. The molecule has 1 N–H and O–H groups in total. The molecule has 108 valence electrons. The molecule has 3 rings (SSSR count). The van der Waals surface area contributed by atoms with E-state index in [1.807, 2.05) is 6.07 Å². The predicted octanol–water partition coefficient (Wildman–Crippen LogP) is 2.46. The lowest BCUT2D eigenvalue weighted by Crippen LogP contribution is -2.22. The zero-order chi connectivity index (χ0) is 13.9. The summed E-state index contributed by atoms with van der Waals surface area (Å²) in [7, 11) is 0. The van der Waals surface area contributed by atoms with Crippen LogP contribution in [-0.4, -0.2) is 35.9 Å². The average Bonchev–Trinajstić information content (AvgIpc) is 3.30. The maximum Gasteiger partial charge on any atom is 0.354 e. The molecule has 0 bridgehead atoms. The van der Waals surface area contributed by atoms with E-state index in [2.05, 4.69) is 4.98 Å². The Morgan fingerprint density at radius 3 is 2.70 bits per heavy atom. The van der Waals surface area contributed by atoms with Crippen molar-refractivity contribution in [3.05, 3.63) is 23.4 Å². The fraction of sp³-hybridized carbons (Fsp3) is 0.600. The first-order valence-corrected chi connectivity index (χ1v) is 7.19. The standard InChI is InChI=1S/C15H19NO4/c17-15(18)13-4-3-12(11-1-2-11)14(16-13)20-9-10-5-7-19-8-6-10/h3-4,10-11H,1-2,5-9H2,(H,17,18). The lowest BCUT2D eigenvalue weighted by Gasteiger charge is -2.22. The van der Waals surface area contributed by atoms with Crippen molar-refractivity contribution < 1.29 is 19.4 Å². The molecule has 2 fully saturated rings.